The van der Waals surface area contributed by atoms with E-state index >= 15 is 0 Å². The maximum Gasteiger partial charge on any atom is 0.0587 e. The molecule has 1 fully saturated rings. The minimum absolute atomic E-state index is 0.732. The van der Waals surface area contributed by atoms with Crippen LogP contribution >= 0.6 is 0 Å². The van der Waals surface area contributed by atoms with E-state index in [-0.39, 0.29) is 0 Å². The zero-order valence-electron chi connectivity index (χ0n) is 13.3. The summed E-state index contributed by atoms with van der Waals surface area (Å²) in [6, 6.07) is 8.92. The third-order valence-electron chi connectivity index (χ3n) is 4.13. The minimum atomic E-state index is 0.732. The lowest BCUT2D eigenvalue weighted by Gasteiger charge is -2.33. The topological polar surface area (TPSA) is 33.7 Å². The monoisotopic (exact) mass is 292 g/mol. The van der Waals surface area contributed by atoms with Gasteiger partial charge in [-0.25, -0.2) is 0 Å². The fourth-order valence-corrected chi connectivity index (χ4v) is 2.83. The molecule has 0 aromatic heterocycles. The average Bonchev–Trinajstić information content (AvgIpc) is 2.53. The molecule has 1 N–H and O–H groups in total. The van der Waals surface area contributed by atoms with Crippen molar-refractivity contribution in [2.75, 3.05) is 52.0 Å². The third-order valence-corrected chi connectivity index (χ3v) is 4.13. The van der Waals surface area contributed by atoms with Crippen molar-refractivity contribution in [1.82, 2.24) is 5.32 Å². The van der Waals surface area contributed by atoms with Crippen molar-refractivity contribution < 1.29 is 9.47 Å². The standard InChI is InChI=1S/C17H28N2O2/c1-20-12-9-18-13-15-3-5-17(6-4-15)19-10-7-16(8-11-19)14-21-2/h3-6,16,18H,7-14H2,1-2H3. The first-order valence-corrected chi connectivity index (χ1v) is 7.86. The van der Waals surface area contributed by atoms with Crippen LogP contribution in [0.2, 0.25) is 0 Å². The van der Waals surface area contributed by atoms with Crippen LogP contribution in [0.25, 0.3) is 0 Å². The highest BCUT2D eigenvalue weighted by Gasteiger charge is 2.19. The lowest BCUT2D eigenvalue weighted by Crippen LogP contribution is -2.34. The number of piperidine rings is 1. The molecule has 1 aliphatic heterocycles. The van der Waals surface area contributed by atoms with E-state index in [1.165, 1.54) is 24.1 Å². The van der Waals surface area contributed by atoms with E-state index < -0.39 is 0 Å². The van der Waals surface area contributed by atoms with Crippen LogP contribution in [0.15, 0.2) is 24.3 Å². The molecule has 21 heavy (non-hydrogen) atoms. The van der Waals surface area contributed by atoms with Gasteiger partial charge >= 0.3 is 0 Å². The number of hydrogen-bond acceptors (Lipinski definition) is 4. The molecular weight excluding hydrogens is 264 g/mol. The zero-order chi connectivity index (χ0) is 14.9. The molecule has 1 aromatic rings. The molecule has 0 spiro atoms. The summed E-state index contributed by atoms with van der Waals surface area (Å²) in [4.78, 5) is 2.48. The average molecular weight is 292 g/mol. The SMILES string of the molecule is COCCNCc1ccc(N2CCC(COC)CC2)cc1. The number of nitrogens with one attached hydrogen (secondary N) is 1. The smallest absolute Gasteiger partial charge is 0.0587 e. The number of ether oxygens (including phenoxy) is 2. The van der Waals surface area contributed by atoms with E-state index in [4.69, 9.17) is 9.47 Å². The fraction of sp³-hybridized carbons (Fsp3) is 0.647. The molecule has 4 heteroatoms. The number of nitrogens with zero attached hydrogens (tertiary/aromatic N) is 1. The Labute approximate surface area is 128 Å². The highest BCUT2D eigenvalue weighted by Crippen LogP contribution is 2.23. The van der Waals surface area contributed by atoms with E-state index in [1.54, 1.807) is 14.2 Å². The van der Waals surface area contributed by atoms with Crippen molar-refractivity contribution in [1.29, 1.82) is 0 Å². The van der Waals surface area contributed by atoms with Gasteiger partial charge in [0.15, 0.2) is 0 Å². The summed E-state index contributed by atoms with van der Waals surface area (Å²) in [7, 11) is 3.53. The van der Waals surface area contributed by atoms with Gasteiger partial charge in [-0.2, -0.15) is 0 Å². The molecule has 0 aliphatic carbocycles. The van der Waals surface area contributed by atoms with Gasteiger partial charge in [-0.1, -0.05) is 12.1 Å². The number of hydrogen-bond donors (Lipinski definition) is 1. The highest BCUT2D eigenvalue weighted by molar-refractivity contribution is 5.47. The van der Waals surface area contributed by atoms with Gasteiger partial charge in [0.25, 0.3) is 0 Å². The van der Waals surface area contributed by atoms with Gasteiger partial charge in [0.05, 0.1) is 6.61 Å². The van der Waals surface area contributed by atoms with E-state index in [0.29, 0.717) is 0 Å². The Balaban J connectivity index is 1.77. The zero-order valence-corrected chi connectivity index (χ0v) is 13.3. The van der Waals surface area contributed by atoms with Crippen LogP contribution in [0.5, 0.6) is 0 Å². The third kappa shape index (κ3) is 5.30. The second-order valence-electron chi connectivity index (χ2n) is 5.72. The minimum Gasteiger partial charge on any atom is -0.384 e. The number of methoxy groups -OCH3 is 2. The summed E-state index contributed by atoms with van der Waals surface area (Å²) in [6.45, 7) is 5.73. The molecule has 0 amide bonds. The molecule has 0 unspecified atom stereocenters. The van der Waals surface area contributed by atoms with Gasteiger partial charge < -0.3 is 19.7 Å². The fourth-order valence-electron chi connectivity index (χ4n) is 2.83. The molecule has 1 heterocycles. The molecule has 0 saturated carbocycles. The molecule has 4 nitrogen and oxygen atoms in total. The van der Waals surface area contributed by atoms with Crippen molar-refractivity contribution in [3.8, 4) is 0 Å². The van der Waals surface area contributed by atoms with Crippen LogP contribution in [0.1, 0.15) is 18.4 Å². The number of rotatable bonds is 8. The summed E-state index contributed by atoms with van der Waals surface area (Å²) in [5.41, 5.74) is 2.66. The van der Waals surface area contributed by atoms with Crippen LogP contribution < -0.4 is 10.2 Å². The van der Waals surface area contributed by atoms with Gasteiger partial charge in [0.2, 0.25) is 0 Å². The van der Waals surface area contributed by atoms with Crippen molar-refractivity contribution in [3.05, 3.63) is 29.8 Å². The summed E-state index contributed by atoms with van der Waals surface area (Å²) in [5, 5.41) is 3.37. The van der Waals surface area contributed by atoms with Gasteiger partial charge in [0.1, 0.15) is 0 Å². The Morgan fingerprint density at radius 3 is 2.43 bits per heavy atom. The highest BCUT2D eigenvalue weighted by atomic mass is 16.5. The normalized spacial score (nSPS) is 16.4. The molecule has 118 valence electrons. The van der Waals surface area contributed by atoms with Gasteiger partial charge in [-0.3, -0.25) is 0 Å². The van der Waals surface area contributed by atoms with E-state index in [2.05, 4.69) is 34.5 Å². The maximum atomic E-state index is 5.26. The quantitative estimate of drug-likeness (QED) is 0.745. The summed E-state index contributed by atoms with van der Waals surface area (Å²) >= 11 is 0. The molecule has 1 aliphatic rings. The Morgan fingerprint density at radius 2 is 1.81 bits per heavy atom. The molecule has 2 rings (SSSR count). The van der Waals surface area contributed by atoms with Crippen molar-refractivity contribution in [3.63, 3.8) is 0 Å². The lowest BCUT2D eigenvalue weighted by molar-refractivity contribution is 0.139. The van der Waals surface area contributed by atoms with Crippen LogP contribution in [-0.2, 0) is 16.0 Å². The predicted octanol–water partition coefficient (Wildman–Crippen LogP) is 2.29. The van der Waals surface area contributed by atoms with Crippen molar-refractivity contribution >= 4 is 5.69 Å². The first-order valence-electron chi connectivity index (χ1n) is 7.86. The molecule has 1 saturated heterocycles. The molecule has 0 atom stereocenters. The van der Waals surface area contributed by atoms with E-state index in [1.807, 2.05) is 0 Å². The summed E-state index contributed by atoms with van der Waals surface area (Å²) < 4.78 is 10.3. The Kier molecular flexibility index (Phi) is 7.00. The van der Waals surface area contributed by atoms with Gasteiger partial charge in [0, 0.05) is 52.7 Å². The van der Waals surface area contributed by atoms with Gasteiger partial charge in [-0.05, 0) is 36.5 Å². The Morgan fingerprint density at radius 1 is 1.10 bits per heavy atom. The van der Waals surface area contributed by atoms with Crippen LogP contribution in [0.4, 0.5) is 5.69 Å². The summed E-state index contributed by atoms with van der Waals surface area (Å²) in [5.74, 6) is 0.732. The van der Waals surface area contributed by atoms with E-state index in [0.717, 1.165) is 45.3 Å². The number of anilines is 1. The second kappa shape index (κ2) is 9.03. The summed E-state index contributed by atoms with van der Waals surface area (Å²) in [6.07, 6.45) is 2.46. The molecule has 0 bridgehead atoms. The van der Waals surface area contributed by atoms with Crippen molar-refractivity contribution in [2.45, 2.75) is 19.4 Å². The largest absolute Gasteiger partial charge is 0.384 e. The van der Waals surface area contributed by atoms with Crippen LogP contribution in [-0.4, -0.2) is 47.1 Å². The number of benzene rings is 1. The molecule has 1 aromatic carbocycles. The first kappa shape index (κ1) is 16.3. The lowest BCUT2D eigenvalue weighted by atomic mass is 9.97. The maximum absolute atomic E-state index is 5.26. The Hall–Kier alpha value is -1.10. The van der Waals surface area contributed by atoms with Crippen LogP contribution in [0.3, 0.4) is 0 Å². The van der Waals surface area contributed by atoms with Crippen molar-refractivity contribution in [2.24, 2.45) is 5.92 Å². The molecular formula is C17H28N2O2. The van der Waals surface area contributed by atoms with Gasteiger partial charge in [-0.15, -0.1) is 0 Å². The predicted molar refractivity (Wildman–Crippen MR) is 86.8 cm³/mol. The molecule has 0 radical (unpaired) electrons. The first-order chi connectivity index (χ1) is 10.3. The van der Waals surface area contributed by atoms with Crippen LogP contribution in [0, 0.1) is 5.92 Å². The van der Waals surface area contributed by atoms with E-state index in [9.17, 15) is 0 Å². The second-order valence-corrected chi connectivity index (χ2v) is 5.72. The Bertz CT molecular complexity index is 386.